The van der Waals surface area contributed by atoms with Crippen molar-refractivity contribution in [1.82, 2.24) is 16.0 Å². The zero-order valence-corrected chi connectivity index (χ0v) is 20.0. The SMILES string of the molecule is CNC(=O)c1cccc(CCNC(=NCCc2ccco2)NC2CCCCC2)c1.I. The maximum Gasteiger partial charge on any atom is 0.251 e. The van der Waals surface area contributed by atoms with Gasteiger partial charge in [-0.15, -0.1) is 24.0 Å². The van der Waals surface area contributed by atoms with E-state index in [0.29, 0.717) is 18.2 Å². The fraction of sp³-hybridized carbons (Fsp3) is 0.478. The number of amides is 1. The van der Waals surface area contributed by atoms with Crippen LogP contribution in [0, 0.1) is 0 Å². The van der Waals surface area contributed by atoms with Crippen LogP contribution >= 0.6 is 24.0 Å². The van der Waals surface area contributed by atoms with E-state index < -0.39 is 0 Å². The second-order valence-corrected chi connectivity index (χ2v) is 7.50. The molecule has 1 fully saturated rings. The number of benzene rings is 1. The molecule has 164 valence electrons. The van der Waals surface area contributed by atoms with Crippen molar-refractivity contribution >= 4 is 35.8 Å². The first-order valence-electron chi connectivity index (χ1n) is 10.6. The van der Waals surface area contributed by atoms with Crippen molar-refractivity contribution in [2.45, 2.75) is 51.0 Å². The van der Waals surface area contributed by atoms with Gasteiger partial charge in [-0.1, -0.05) is 31.4 Å². The Morgan fingerprint density at radius 1 is 1.13 bits per heavy atom. The van der Waals surface area contributed by atoms with E-state index in [-0.39, 0.29) is 29.9 Å². The Bertz CT molecular complexity index is 786. The highest BCUT2D eigenvalue weighted by molar-refractivity contribution is 14.0. The number of hydrogen-bond acceptors (Lipinski definition) is 3. The monoisotopic (exact) mass is 524 g/mol. The van der Waals surface area contributed by atoms with Gasteiger partial charge in [-0.05, 0) is 49.1 Å². The molecule has 0 spiro atoms. The molecule has 1 aliphatic rings. The normalized spacial score (nSPS) is 14.6. The first-order valence-corrected chi connectivity index (χ1v) is 10.6. The zero-order valence-electron chi connectivity index (χ0n) is 17.7. The first kappa shape index (κ1) is 24.2. The van der Waals surface area contributed by atoms with Crippen LogP contribution in [0.4, 0.5) is 0 Å². The van der Waals surface area contributed by atoms with Gasteiger partial charge in [0.05, 0.1) is 6.26 Å². The molecule has 0 aliphatic heterocycles. The molecule has 1 aromatic carbocycles. The standard InChI is InChI=1S/C23H32N4O2.HI/c1-24-22(28)19-8-5-7-18(17-19)12-14-25-23(27-20-9-3-2-4-10-20)26-15-13-21-11-6-16-29-21;/h5-8,11,16-17,20H,2-4,9-10,12-15H2,1H3,(H,24,28)(H2,25,26,27);1H. The van der Waals surface area contributed by atoms with Crippen LogP contribution in [0.3, 0.4) is 0 Å². The van der Waals surface area contributed by atoms with Crippen molar-refractivity contribution < 1.29 is 9.21 Å². The third-order valence-corrected chi connectivity index (χ3v) is 5.28. The lowest BCUT2D eigenvalue weighted by molar-refractivity contribution is 0.0963. The summed E-state index contributed by atoms with van der Waals surface area (Å²) in [5.41, 5.74) is 1.82. The van der Waals surface area contributed by atoms with Crippen molar-refractivity contribution in [2.75, 3.05) is 20.1 Å². The lowest BCUT2D eigenvalue weighted by atomic mass is 9.96. The number of furan rings is 1. The number of carbonyl (C=O) groups excluding carboxylic acids is 1. The Morgan fingerprint density at radius 3 is 2.70 bits per heavy atom. The summed E-state index contributed by atoms with van der Waals surface area (Å²) in [6, 6.07) is 12.2. The maximum absolute atomic E-state index is 11.8. The summed E-state index contributed by atoms with van der Waals surface area (Å²) in [7, 11) is 1.65. The summed E-state index contributed by atoms with van der Waals surface area (Å²) in [5, 5.41) is 9.74. The Balaban J connectivity index is 0.00000320. The molecule has 0 radical (unpaired) electrons. The highest BCUT2D eigenvalue weighted by Gasteiger charge is 2.14. The van der Waals surface area contributed by atoms with Crippen LogP contribution in [0.25, 0.3) is 0 Å². The zero-order chi connectivity index (χ0) is 20.3. The third kappa shape index (κ3) is 8.01. The van der Waals surface area contributed by atoms with E-state index in [0.717, 1.165) is 36.7 Å². The summed E-state index contributed by atoms with van der Waals surface area (Å²) in [5.74, 6) is 1.77. The topological polar surface area (TPSA) is 78.7 Å². The average molecular weight is 524 g/mol. The van der Waals surface area contributed by atoms with Gasteiger partial charge in [0, 0.05) is 38.2 Å². The van der Waals surface area contributed by atoms with Crippen LogP contribution in [0.5, 0.6) is 0 Å². The van der Waals surface area contributed by atoms with Gasteiger partial charge in [-0.3, -0.25) is 9.79 Å². The van der Waals surface area contributed by atoms with Gasteiger partial charge in [0.1, 0.15) is 5.76 Å². The molecule has 1 heterocycles. The molecule has 0 unspecified atom stereocenters. The quantitative estimate of drug-likeness (QED) is 0.278. The second kappa shape index (κ2) is 13.3. The lowest BCUT2D eigenvalue weighted by Gasteiger charge is -2.25. The lowest BCUT2D eigenvalue weighted by Crippen LogP contribution is -2.45. The predicted octanol–water partition coefficient (Wildman–Crippen LogP) is 3.91. The summed E-state index contributed by atoms with van der Waals surface area (Å²) in [4.78, 5) is 16.6. The van der Waals surface area contributed by atoms with Gasteiger partial charge in [-0.2, -0.15) is 0 Å². The van der Waals surface area contributed by atoms with Crippen LogP contribution in [0.15, 0.2) is 52.1 Å². The molecule has 0 saturated heterocycles. The second-order valence-electron chi connectivity index (χ2n) is 7.50. The van der Waals surface area contributed by atoms with Crippen LogP contribution in [-0.4, -0.2) is 38.0 Å². The molecular weight excluding hydrogens is 491 g/mol. The Morgan fingerprint density at radius 2 is 1.97 bits per heavy atom. The maximum atomic E-state index is 11.8. The fourth-order valence-electron chi connectivity index (χ4n) is 3.66. The predicted molar refractivity (Wildman–Crippen MR) is 132 cm³/mol. The van der Waals surface area contributed by atoms with E-state index in [4.69, 9.17) is 9.41 Å². The molecule has 2 aromatic rings. The van der Waals surface area contributed by atoms with Gasteiger partial charge in [0.25, 0.3) is 5.91 Å². The molecule has 1 aromatic heterocycles. The Labute approximate surface area is 196 Å². The van der Waals surface area contributed by atoms with E-state index in [1.54, 1.807) is 13.3 Å². The van der Waals surface area contributed by atoms with Crippen LogP contribution in [0.2, 0.25) is 0 Å². The molecule has 7 heteroatoms. The largest absolute Gasteiger partial charge is 0.469 e. The number of nitrogens with one attached hydrogen (secondary N) is 3. The number of hydrogen-bond donors (Lipinski definition) is 3. The molecule has 1 amide bonds. The minimum atomic E-state index is -0.0565. The first-order chi connectivity index (χ1) is 14.2. The number of nitrogens with zero attached hydrogens (tertiary/aromatic N) is 1. The van der Waals surface area contributed by atoms with Crippen molar-refractivity contribution in [3.63, 3.8) is 0 Å². The molecule has 0 bridgehead atoms. The number of carbonyl (C=O) groups is 1. The molecule has 30 heavy (non-hydrogen) atoms. The van der Waals surface area contributed by atoms with Crippen molar-refractivity contribution in [3.05, 3.63) is 59.5 Å². The third-order valence-electron chi connectivity index (χ3n) is 5.28. The average Bonchev–Trinajstić information content (AvgIpc) is 3.27. The van der Waals surface area contributed by atoms with E-state index in [1.807, 2.05) is 30.3 Å². The number of aliphatic imine (C=N–C) groups is 1. The van der Waals surface area contributed by atoms with E-state index in [1.165, 1.54) is 32.1 Å². The van der Waals surface area contributed by atoms with Crippen molar-refractivity contribution in [3.8, 4) is 0 Å². The molecule has 6 nitrogen and oxygen atoms in total. The van der Waals surface area contributed by atoms with Crippen molar-refractivity contribution in [1.29, 1.82) is 0 Å². The minimum absolute atomic E-state index is 0. The van der Waals surface area contributed by atoms with Gasteiger partial charge < -0.3 is 20.4 Å². The summed E-state index contributed by atoms with van der Waals surface area (Å²) in [6.45, 7) is 1.44. The van der Waals surface area contributed by atoms with E-state index >= 15 is 0 Å². The highest BCUT2D eigenvalue weighted by Crippen LogP contribution is 2.17. The molecular formula is C23H33IN4O2. The summed E-state index contributed by atoms with van der Waals surface area (Å²) < 4.78 is 5.40. The number of halogens is 1. The Kier molecular flexibility index (Phi) is 10.8. The fourth-order valence-corrected chi connectivity index (χ4v) is 3.66. The van der Waals surface area contributed by atoms with E-state index in [9.17, 15) is 4.79 Å². The Hall–Kier alpha value is -2.03. The minimum Gasteiger partial charge on any atom is -0.469 e. The van der Waals surface area contributed by atoms with Gasteiger partial charge in [-0.25, -0.2) is 0 Å². The molecule has 1 aliphatic carbocycles. The summed E-state index contributed by atoms with van der Waals surface area (Å²) >= 11 is 0. The van der Waals surface area contributed by atoms with Crippen LogP contribution < -0.4 is 16.0 Å². The van der Waals surface area contributed by atoms with Gasteiger partial charge >= 0.3 is 0 Å². The van der Waals surface area contributed by atoms with Gasteiger partial charge in [0.15, 0.2) is 5.96 Å². The molecule has 3 rings (SSSR count). The van der Waals surface area contributed by atoms with E-state index in [2.05, 4.69) is 22.0 Å². The molecule has 0 atom stereocenters. The van der Waals surface area contributed by atoms with Crippen molar-refractivity contribution in [2.24, 2.45) is 4.99 Å². The van der Waals surface area contributed by atoms with Crippen LogP contribution in [-0.2, 0) is 12.8 Å². The summed E-state index contributed by atoms with van der Waals surface area (Å²) in [6.07, 6.45) is 9.62. The number of rotatable bonds is 8. The van der Waals surface area contributed by atoms with Gasteiger partial charge in [0.2, 0.25) is 0 Å². The smallest absolute Gasteiger partial charge is 0.251 e. The molecule has 3 N–H and O–H groups in total. The van der Waals surface area contributed by atoms with Crippen LogP contribution in [0.1, 0.15) is 53.8 Å². The highest BCUT2D eigenvalue weighted by atomic mass is 127. The number of guanidine groups is 1. The molecule has 1 saturated carbocycles.